The van der Waals surface area contributed by atoms with Gasteiger partial charge in [0.15, 0.2) is 0 Å². The van der Waals surface area contributed by atoms with E-state index in [0.29, 0.717) is 24.4 Å². The molecule has 0 bridgehead atoms. The smallest absolute Gasteiger partial charge is 0.332 e. The van der Waals surface area contributed by atoms with Crippen molar-refractivity contribution in [1.82, 2.24) is 24.3 Å². The van der Waals surface area contributed by atoms with E-state index in [4.69, 9.17) is 0 Å². The quantitative estimate of drug-likeness (QED) is 0.836. The molecule has 26 heavy (non-hydrogen) atoms. The molecule has 0 aromatic carbocycles. The first-order valence-electron chi connectivity index (χ1n) is 9.00. The number of pyridine rings is 1. The minimum Gasteiger partial charge on any atom is -0.337 e. The Kier molecular flexibility index (Phi) is 5.22. The average Bonchev–Trinajstić information content (AvgIpc) is 2.68. The molecule has 1 N–H and O–H groups in total. The molecule has 0 saturated carbocycles. The van der Waals surface area contributed by atoms with Gasteiger partial charge in [0.25, 0.3) is 11.5 Å². The van der Waals surface area contributed by atoms with E-state index in [1.54, 1.807) is 24.1 Å². The first-order chi connectivity index (χ1) is 12.4. The number of likely N-dealkylation sites (tertiary alicyclic amines) is 1. The molecular weight excluding hydrogens is 334 g/mol. The summed E-state index contributed by atoms with van der Waals surface area (Å²) in [5, 5.41) is 3.68. The van der Waals surface area contributed by atoms with Crippen LogP contribution >= 0.6 is 0 Å². The second-order valence-corrected chi connectivity index (χ2v) is 6.82. The van der Waals surface area contributed by atoms with Gasteiger partial charge in [-0.25, -0.2) is 9.78 Å². The third-order valence-corrected chi connectivity index (χ3v) is 5.11. The van der Waals surface area contributed by atoms with Crippen LogP contribution in [0.15, 0.2) is 21.7 Å². The standard InChI is InChI=1S/C18H25N5O3/c1-4-19-11-12-7-9-23(10-8-12)17(25)14-6-5-13-15(20-14)21(2)18(26)22(3)16(13)24/h5-6,12,19H,4,7-11H2,1-3H3. The van der Waals surface area contributed by atoms with Gasteiger partial charge in [-0.3, -0.25) is 18.7 Å². The van der Waals surface area contributed by atoms with E-state index in [9.17, 15) is 14.4 Å². The predicted octanol–water partition coefficient (Wildman–Crippen LogP) is 0.0939. The summed E-state index contributed by atoms with van der Waals surface area (Å²) in [5.74, 6) is 0.439. The Bertz CT molecular complexity index is 938. The van der Waals surface area contributed by atoms with Crippen LogP contribution in [0, 0.1) is 5.92 Å². The lowest BCUT2D eigenvalue weighted by Gasteiger charge is -2.32. The summed E-state index contributed by atoms with van der Waals surface area (Å²) in [7, 11) is 2.98. The summed E-state index contributed by atoms with van der Waals surface area (Å²) >= 11 is 0. The number of nitrogens with zero attached hydrogens (tertiary/aromatic N) is 4. The maximum Gasteiger partial charge on any atom is 0.332 e. The minimum atomic E-state index is -0.455. The number of aromatic nitrogens is 3. The zero-order valence-electron chi connectivity index (χ0n) is 15.5. The third kappa shape index (κ3) is 3.29. The molecule has 1 fully saturated rings. The number of rotatable bonds is 4. The molecule has 1 amide bonds. The van der Waals surface area contributed by atoms with Crippen LogP contribution in [0.5, 0.6) is 0 Å². The molecule has 3 heterocycles. The van der Waals surface area contributed by atoms with Gasteiger partial charge in [-0.05, 0) is 44.0 Å². The Morgan fingerprint density at radius 3 is 2.54 bits per heavy atom. The van der Waals surface area contributed by atoms with Gasteiger partial charge < -0.3 is 10.2 Å². The molecule has 0 spiro atoms. The van der Waals surface area contributed by atoms with E-state index in [1.807, 2.05) is 0 Å². The van der Waals surface area contributed by atoms with Crippen LogP contribution in [-0.4, -0.2) is 51.1 Å². The number of amides is 1. The van der Waals surface area contributed by atoms with Crippen molar-refractivity contribution < 1.29 is 4.79 Å². The van der Waals surface area contributed by atoms with Crippen molar-refractivity contribution in [3.05, 3.63) is 38.7 Å². The van der Waals surface area contributed by atoms with Gasteiger partial charge in [0, 0.05) is 27.2 Å². The van der Waals surface area contributed by atoms with Crippen molar-refractivity contribution in [2.75, 3.05) is 26.2 Å². The molecule has 0 unspecified atom stereocenters. The number of carbonyl (C=O) groups excluding carboxylic acids is 1. The topological polar surface area (TPSA) is 89.2 Å². The molecule has 0 radical (unpaired) electrons. The Hall–Kier alpha value is -2.48. The van der Waals surface area contributed by atoms with E-state index in [1.165, 1.54) is 11.6 Å². The summed E-state index contributed by atoms with van der Waals surface area (Å²) < 4.78 is 2.34. The van der Waals surface area contributed by atoms with Crippen molar-refractivity contribution in [3.8, 4) is 0 Å². The Morgan fingerprint density at radius 2 is 1.88 bits per heavy atom. The summed E-state index contributed by atoms with van der Waals surface area (Å²) in [4.78, 5) is 43.2. The van der Waals surface area contributed by atoms with Gasteiger partial charge >= 0.3 is 5.69 Å². The Labute approximate surface area is 151 Å². The molecule has 1 saturated heterocycles. The summed E-state index contributed by atoms with van der Waals surface area (Å²) in [6, 6.07) is 3.15. The maximum atomic E-state index is 12.8. The molecule has 8 nitrogen and oxygen atoms in total. The van der Waals surface area contributed by atoms with Gasteiger partial charge in [-0.2, -0.15) is 0 Å². The Balaban J connectivity index is 1.84. The number of nitrogens with one attached hydrogen (secondary N) is 1. The maximum absolute atomic E-state index is 12.8. The zero-order valence-corrected chi connectivity index (χ0v) is 15.5. The highest BCUT2D eigenvalue weighted by atomic mass is 16.2. The molecule has 0 aliphatic carbocycles. The summed E-state index contributed by atoms with van der Waals surface area (Å²) in [6.45, 7) is 5.43. The number of carbonyl (C=O) groups is 1. The van der Waals surface area contributed by atoms with Crippen LogP contribution in [0.3, 0.4) is 0 Å². The first-order valence-corrected chi connectivity index (χ1v) is 9.00. The SMILES string of the molecule is CCNCC1CCN(C(=O)c2ccc3c(=O)n(C)c(=O)n(C)c3n2)CC1. The predicted molar refractivity (Wildman–Crippen MR) is 99.4 cm³/mol. The van der Waals surface area contributed by atoms with E-state index < -0.39 is 11.2 Å². The van der Waals surface area contributed by atoms with Crippen molar-refractivity contribution in [1.29, 1.82) is 0 Å². The lowest BCUT2D eigenvalue weighted by Crippen LogP contribution is -2.41. The van der Waals surface area contributed by atoms with Crippen LogP contribution in [0.25, 0.3) is 11.0 Å². The fraction of sp³-hybridized carbons (Fsp3) is 0.556. The lowest BCUT2D eigenvalue weighted by atomic mass is 9.96. The van der Waals surface area contributed by atoms with Crippen LogP contribution < -0.4 is 16.6 Å². The van der Waals surface area contributed by atoms with Crippen LogP contribution in [0.1, 0.15) is 30.3 Å². The summed E-state index contributed by atoms with van der Waals surface area (Å²) in [5.41, 5.74) is -0.348. The minimum absolute atomic E-state index is 0.151. The molecule has 3 rings (SSSR count). The summed E-state index contributed by atoms with van der Waals surface area (Å²) in [6.07, 6.45) is 1.93. The van der Waals surface area contributed by atoms with Crippen LogP contribution in [-0.2, 0) is 14.1 Å². The normalized spacial score (nSPS) is 15.6. The number of hydrogen-bond donors (Lipinski definition) is 1. The fourth-order valence-corrected chi connectivity index (χ4v) is 3.42. The number of hydrogen-bond acceptors (Lipinski definition) is 5. The van der Waals surface area contributed by atoms with E-state index in [-0.39, 0.29) is 17.2 Å². The van der Waals surface area contributed by atoms with E-state index >= 15 is 0 Å². The highest BCUT2D eigenvalue weighted by molar-refractivity contribution is 5.94. The highest BCUT2D eigenvalue weighted by Crippen LogP contribution is 2.18. The second-order valence-electron chi connectivity index (χ2n) is 6.82. The van der Waals surface area contributed by atoms with Gasteiger partial charge in [-0.1, -0.05) is 6.92 Å². The van der Waals surface area contributed by atoms with Crippen molar-refractivity contribution in [2.45, 2.75) is 19.8 Å². The van der Waals surface area contributed by atoms with Gasteiger partial charge in [0.2, 0.25) is 0 Å². The van der Waals surface area contributed by atoms with Crippen molar-refractivity contribution in [2.24, 2.45) is 20.0 Å². The number of piperidine rings is 1. The average molecular weight is 359 g/mol. The molecule has 2 aromatic heterocycles. The fourth-order valence-electron chi connectivity index (χ4n) is 3.42. The lowest BCUT2D eigenvalue weighted by molar-refractivity contribution is 0.0684. The first kappa shape index (κ1) is 18.3. The molecule has 1 aliphatic rings. The molecule has 0 atom stereocenters. The molecular formula is C18H25N5O3. The van der Waals surface area contributed by atoms with E-state index in [0.717, 1.165) is 30.5 Å². The molecule has 140 valence electrons. The molecule has 8 heteroatoms. The molecule has 2 aromatic rings. The van der Waals surface area contributed by atoms with Crippen molar-refractivity contribution in [3.63, 3.8) is 0 Å². The van der Waals surface area contributed by atoms with Gasteiger partial charge in [0.1, 0.15) is 11.3 Å². The van der Waals surface area contributed by atoms with Gasteiger partial charge in [-0.15, -0.1) is 0 Å². The highest BCUT2D eigenvalue weighted by Gasteiger charge is 2.24. The van der Waals surface area contributed by atoms with Crippen LogP contribution in [0.2, 0.25) is 0 Å². The zero-order chi connectivity index (χ0) is 18.8. The second kappa shape index (κ2) is 7.41. The van der Waals surface area contributed by atoms with Crippen LogP contribution in [0.4, 0.5) is 0 Å². The largest absolute Gasteiger partial charge is 0.337 e. The third-order valence-electron chi connectivity index (χ3n) is 5.11. The number of fused-ring (bicyclic) bond motifs is 1. The van der Waals surface area contributed by atoms with Crippen molar-refractivity contribution >= 4 is 16.9 Å². The van der Waals surface area contributed by atoms with E-state index in [2.05, 4.69) is 17.2 Å². The number of aryl methyl sites for hydroxylation is 1. The monoisotopic (exact) mass is 359 g/mol. The Morgan fingerprint density at radius 1 is 1.19 bits per heavy atom. The van der Waals surface area contributed by atoms with Gasteiger partial charge in [0.05, 0.1) is 5.39 Å². The molecule has 1 aliphatic heterocycles.